The van der Waals surface area contributed by atoms with E-state index in [0.29, 0.717) is 12.6 Å². The number of morpholine rings is 1. The average Bonchev–Trinajstić information content (AvgIpc) is 2.55. The fraction of sp³-hybridized carbons (Fsp3) is 0.647. The lowest BCUT2D eigenvalue weighted by atomic mass is 9.90. The Balaban J connectivity index is 2.08. The molecule has 1 fully saturated rings. The summed E-state index contributed by atoms with van der Waals surface area (Å²) in [7, 11) is 1.69. The van der Waals surface area contributed by atoms with Gasteiger partial charge in [-0.15, -0.1) is 0 Å². The van der Waals surface area contributed by atoms with Gasteiger partial charge in [0.05, 0.1) is 19.8 Å². The van der Waals surface area contributed by atoms with Gasteiger partial charge in [0.15, 0.2) is 0 Å². The van der Waals surface area contributed by atoms with Gasteiger partial charge in [-0.25, -0.2) is 0 Å². The van der Waals surface area contributed by atoms with Crippen LogP contribution in [0.2, 0.25) is 0 Å². The Morgan fingerprint density at radius 3 is 2.67 bits per heavy atom. The summed E-state index contributed by atoms with van der Waals surface area (Å²) in [6.07, 6.45) is 2.34. The van der Waals surface area contributed by atoms with Crippen molar-refractivity contribution in [3.05, 3.63) is 29.8 Å². The number of ether oxygens (including phenoxy) is 2. The van der Waals surface area contributed by atoms with Crippen molar-refractivity contribution in [1.29, 1.82) is 0 Å². The van der Waals surface area contributed by atoms with E-state index >= 15 is 0 Å². The number of nitrogens with zero attached hydrogens (tertiary/aromatic N) is 1. The molecule has 1 aromatic rings. The number of benzene rings is 1. The molecule has 1 heterocycles. The van der Waals surface area contributed by atoms with Gasteiger partial charge in [0, 0.05) is 25.2 Å². The molecule has 2 rings (SSSR count). The summed E-state index contributed by atoms with van der Waals surface area (Å²) in [5.41, 5.74) is 7.39. The zero-order chi connectivity index (χ0) is 15.3. The molecule has 0 radical (unpaired) electrons. The maximum Gasteiger partial charge on any atom is 0.118 e. The molecule has 2 N–H and O–H groups in total. The Bertz CT molecular complexity index is 435. The topological polar surface area (TPSA) is 47.7 Å². The molecule has 118 valence electrons. The van der Waals surface area contributed by atoms with Crippen molar-refractivity contribution in [2.75, 3.05) is 33.4 Å². The SMILES string of the molecule is CCC1CN(C(C)(CN)Cc2ccc(OC)cc2)CCO1. The molecule has 0 amide bonds. The number of hydrogen-bond donors (Lipinski definition) is 1. The van der Waals surface area contributed by atoms with Crippen LogP contribution in [-0.4, -0.2) is 49.9 Å². The van der Waals surface area contributed by atoms with Crippen LogP contribution in [0.25, 0.3) is 0 Å². The van der Waals surface area contributed by atoms with E-state index in [1.165, 1.54) is 5.56 Å². The Hall–Kier alpha value is -1.10. The van der Waals surface area contributed by atoms with Crippen molar-refractivity contribution in [1.82, 2.24) is 4.90 Å². The molecule has 0 aliphatic carbocycles. The first-order valence-electron chi connectivity index (χ1n) is 7.81. The van der Waals surface area contributed by atoms with Crippen molar-refractivity contribution in [2.24, 2.45) is 5.73 Å². The van der Waals surface area contributed by atoms with E-state index in [4.69, 9.17) is 15.2 Å². The minimum atomic E-state index is -0.0220. The van der Waals surface area contributed by atoms with Crippen LogP contribution in [0.4, 0.5) is 0 Å². The summed E-state index contributed by atoms with van der Waals surface area (Å²) in [6.45, 7) is 7.82. The van der Waals surface area contributed by atoms with Crippen molar-refractivity contribution < 1.29 is 9.47 Å². The minimum absolute atomic E-state index is 0.0220. The van der Waals surface area contributed by atoms with Gasteiger partial charge in [-0.3, -0.25) is 4.90 Å². The smallest absolute Gasteiger partial charge is 0.118 e. The fourth-order valence-electron chi connectivity index (χ4n) is 2.95. The van der Waals surface area contributed by atoms with Gasteiger partial charge < -0.3 is 15.2 Å². The van der Waals surface area contributed by atoms with E-state index in [0.717, 1.165) is 38.3 Å². The summed E-state index contributed by atoms with van der Waals surface area (Å²) in [6, 6.07) is 8.29. The van der Waals surface area contributed by atoms with Crippen LogP contribution < -0.4 is 10.5 Å². The van der Waals surface area contributed by atoms with E-state index in [1.807, 2.05) is 12.1 Å². The van der Waals surface area contributed by atoms with E-state index in [1.54, 1.807) is 7.11 Å². The van der Waals surface area contributed by atoms with Gasteiger partial charge in [0.1, 0.15) is 5.75 Å². The second-order valence-electron chi connectivity index (χ2n) is 6.07. The van der Waals surface area contributed by atoms with Gasteiger partial charge >= 0.3 is 0 Å². The summed E-state index contributed by atoms with van der Waals surface area (Å²) in [4.78, 5) is 2.49. The summed E-state index contributed by atoms with van der Waals surface area (Å²) >= 11 is 0. The molecule has 1 saturated heterocycles. The van der Waals surface area contributed by atoms with Crippen molar-refractivity contribution in [3.8, 4) is 5.75 Å². The number of nitrogens with two attached hydrogens (primary N) is 1. The Kier molecular flexibility index (Phi) is 5.62. The molecule has 1 aromatic carbocycles. The zero-order valence-electron chi connectivity index (χ0n) is 13.5. The maximum atomic E-state index is 6.12. The van der Waals surface area contributed by atoms with E-state index in [-0.39, 0.29) is 5.54 Å². The van der Waals surface area contributed by atoms with Crippen LogP contribution in [0.1, 0.15) is 25.8 Å². The highest BCUT2D eigenvalue weighted by Crippen LogP contribution is 2.24. The van der Waals surface area contributed by atoms with Gasteiger partial charge in [0.2, 0.25) is 0 Å². The molecule has 0 saturated carbocycles. The van der Waals surface area contributed by atoms with Crippen LogP contribution in [-0.2, 0) is 11.2 Å². The first kappa shape index (κ1) is 16.3. The molecule has 21 heavy (non-hydrogen) atoms. The Morgan fingerprint density at radius 2 is 2.10 bits per heavy atom. The molecular formula is C17H28N2O2. The number of methoxy groups -OCH3 is 1. The highest BCUT2D eigenvalue weighted by atomic mass is 16.5. The molecule has 2 unspecified atom stereocenters. The van der Waals surface area contributed by atoms with Crippen LogP contribution in [0.3, 0.4) is 0 Å². The molecule has 1 aliphatic heterocycles. The summed E-state index contributed by atoms with van der Waals surface area (Å²) in [5, 5.41) is 0. The highest BCUT2D eigenvalue weighted by molar-refractivity contribution is 5.28. The van der Waals surface area contributed by atoms with Crippen LogP contribution in [0.15, 0.2) is 24.3 Å². The molecular weight excluding hydrogens is 264 g/mol. The Labute approximate surface area is 128 Å². The first-order chi connectivity index (χ1) is 10.1. The third-order valence-electron chi connectivity index (χ3n) is 4.54. The third kappa shape index (κ3) is 3.96. The first-order valence-corrected chi connectivity index (χ1v) is 7.81. The average molecular weight is 292 g/mol. The van der Waals surface area contributed by atoms with Crippen LogP contribution in [0.5, 0.6) is 5.75 Å². The second-order valence-corrected chi connectivity index (χ2v) is 6.07. The lowest BCUT2D eigenvalue weighted by molar-refractivity contribution is -0.0648. The monoisotopic (exact) mass is 292 g/mol. The number of hydrogen-bond acceptors (Lipinski definition) is 4. The van der Waals surface area contributed by atoms with Gasteiger partial charge in [-0.05, 0) is 37.5 Å². The van der Waals surface area contributed by atoms with Gasteiger partial charge in [-0.1, -0.05) is 19.1 Å². The fourth-order valence-corrected chi connectivity index (χ4v) is 2.95. The predicted octanol–water partition coefficient (Wildman–Crippen LogP) is 2.07. The maximum absolute atomic E-state index is 6.12. The number of rotatable bonds is 6. The van der Waals surface area contributed by atoms with E-state index in [9.17, 15) is 0 Å². The van der Waals surface area contributed by atoms with E-state index in [2.05, 4.69) is 30.9 Å². The third-order valence-corrected chi connectivity index (χ3v) is 4.54. The van der Waals surface area contributed by atoms with Crippen LogP contribution in [0, 0.1) is 0 Å². The van der Waals surface area contributed by atoms with Crippen molar-refractivity contribution >= 4 is 0 Å². The zero-order valence-corrected chi connectivity index (χ0v) is 13.5. The molecule has 1 aliphatic rings. The van der Waals surface area contributed by atoms with E-state index < -0.39 is 0 Å². The van der Waals surface area contributed by atoms with Gasteiger partial charge in [-0.2, -0.15) is 0 Å². The standard InChI is InChI=1S/C17H28N2O2/c1-4-15-12-19(9-10-21-15)17(2,13-18)11-14-5-7-16(20-3)8-6-14/h5-8,15H,4,9-13,18H2,1-3H3. The molecule has 2 atom stereocenters. The largest absolute Gasteiger partial charge is 0.497 e. The molecule has 0 spiro atoms. The molecule has 4 nitrogen and oxygen atoms in total. The second kappa shape index (κ2) is 7.25. The highest BCUT2D eigenvalue weighted by Gasteiger charge is 2.34. The molecule has 4 heteroatoms. The lowest BCUT2D eigenvalue weighted by Gasteiger charge is -2.45. The van der Waals surface area contributed by atoms with Crippen molar-refractivity contribution in [2.45, 2.75) is 38.3 Å². The quantitative estimate of drug-likeness (QED) is 0.872. The molecule has 0 aromatic heterocycles. The Morgan fingerprint density at radius 1 is 1.38 bits per heavy atom. The normalized spacial score (nSPS) is 22.8. The van der Waals surface area contributed by atoms with Crippen molar-refractivity contribution in [3.63, 3.8) is 0 Å². The summed E-state index contributed by atoms with van der Waals surface area (Å²) in [5.74, 6) is 0.894. The minimum Gasteiger partial charge on any atom is -0.497 e. The predicted molar refractivity (Wildman–Crippen MR) is 85.8 cm³/mol. The summed E-state index contributed by atoms with van der Waals surface area (Å²) < 4.78 is 11.0. The van der Waals surface area contributed by atoms with Crippen LogP contribution >= 0.6 is 0 Å². The molecule has 0 bridgehead atoms. The van der Waals surface area contributed by atoms with Gasteiger partial charge in [0.25, 0.3) is 0 Å². The lowest BCUT2D eigenvalue weighted by Crippen LogP contribution is -2.58.